The molecule has 2 aliphatic heterocycles. The number of hydrogen-bond acceptors (Lipinski definition) is 6. The molecule has 7 heteroatoms. The molecule has 31 heavy (non-hydrogen) atoms. The molecule has 1 atom stereocenters. The van der Waals surface area contributed by atoms with Crippen LogP contribution in [-0.2, 0) is 17.7 Å². The molecule has 1 aromatic heterocycles. The number of benzene rings is 1. The number of aromatic hydroxyl groups is 1. The minimum atomic E-state index is 0.164. The number of aromatic nitrogens is 3. The molecule has 0 spiro atoms. The van der Waals surface area contributed by atoms with Crippen molar-refractivity contribution in [2.45, 2.75) is 65.5 Å². The molecule has 2 saturated heterocycles. The third-order valence-corrected chi connectivity index (χ3v) is 6.20. The predicted molar refractivity (Wildman–Crippen MR) is 124 cm³/mol. The summed E-state index contributed by atoms with van der Waals surface area (Å²) in [5.41, 5.74) is 1.24. The van der Waals surface area contributed by atoms with Crippen molar-refractivity contribution in [2.75, 3.05) is 42.6 Å². The summed E-state index contributed by atoms with van der Waals surface area (Å²) in [7, 11) is 0. The van der Waals surface area contributed by atoms with Crippen LogP contribution < -0.4 is 9.80 Å². The zero-order valence-electron chi connectivity index (χ0n) is 19.3. The van der Waals surface area contributed by atoms with E-state index in [1.165, 1.54) is 12.8 Å². The Balaban J connectivity index is 1.46. The van der Waals surface area contributed by atoms with Gasteiger partial charge in [-0.2, -0.15) is 0 Å². The van der Waals surface area contributed by atoms with Gasteiger partial charge in [-0.25, -0.2) is 0 Å². The number of piperazine rings is 1. The van der Waals surface area contributed by atoms with Gasteiger partial charge in [-0.3, -0.25) is 4.57 Å². The second kappa shape index (κ2) is 9.47. The first-order valence-corrected chi connectivity index (χ1v) is 11.7. The van der Waals surface area contributed by atoms with Crippen LogP contribution in [0.1, 0.15) is 52.3 Å². The molecule has 1 aromatic carbocycles. The summed E-state index contributed by atoms with van der Waals surface area (Å²) in [5, 5.41) is 19.1. The molecule has 0 saturated carbocycles. The van der Waals surface area contributed by atoms with Crippen molar-refractivity contribution in [3.63, 3.8) is 0 Å². The first-order valence-electron chi connectivity index (χ1n) is 11.7. The third-order valence-electron chi connectivity index (χ3n) is 6.20. The average molecular weight is 428 g/mol. The van der Waals surface area contributed by atoms with Crippen molar-refractivity contribution in [1.82, 2.24) is 14.8 Å². The number of ether oxygens (including phenoxy) is 1. The number of rotatable bonds is 6. The van der Waals surface area contributed by atoms with E-state index in [9.17, 15) is 5.11 Å². The maximum Gasteiger partial charge on any atom is 0.227 e. The van der Waals surface area contributed by atoms with Crippen LogP contribution in [0.15, 0.2) is 24.3 Å². The van der Waals surface area contributed by atoms with Crippen molar-refractivity contribution in [1.29, 1.82) is 0 Å². The van der Waals surface area contributed by atoms with Gasteiger partial charge in [-0.05, 0) is 43.2 Å². The predicted octanol–water partition coefficient (Wildman–Crippen LogP) is 3.86. The fraction of sp³-hybridized carbons (Fsp3) is 0.667. The zero-order valence-corrected chi connectivity index (χ0v) is 19.3. The normalized spacial score (nSPS) is 20.3. The van der Waals surface area contributed by atoms with Gasteiger partial charge in [0.1, 0.15) is 11.6 Å². The van der Waals surface area contributed by atoms with Crippen LogP contribution in [0, 0.1) is 5.41 Å². The van der Waals surface area contributed by atoms with Crippen molar-refractivity contribution in [3.05, 3.63) is 30.1 Å². The van der Waals surface area contributed by atoms with E-state index >= 15 is 0 Å². The molecule has 0 aliphatic carbocycles. The highest BCUT2D eigenvalue weighted by Gasteiger charge is 2.26. The quantitative estimate of drug-likeness (QED) is 0.755. The summed E-state index contributed by atoms with van der Waals surface area (Å²) >= 11 is 0. The van der Waals surface area contributed by atoms with Gasteiger partial charge in [0.25, 0.3) is 0 Å². The number of phenolic OH excluding ortho intramolecular Hbond substituents is 1. The van der Waals surface area contributed by atoms with Crippen molar-refractivity contribution in [3.8, 4) is 5.75 Å². The van der Waals surface area contributed by atoms with Gasteiger partial charge in [-0.1, -0.05) is 26.8 Å². The summed E-state index contributed by atoms with van der Waals surface area (Å²) in [6.45, 7) is 12.1. The molecule has 7 nitrogen and oxygen atoms in total. The second-order valence-electron chi connectivity index (χ2n) is 10.1. The monoisotopic (exact) mass is 427 g/mol. The summed E-state index contributed by atoms with van der Waals surface area (Å²) in [4.78, 5) is 4.68. The molecule has 4 rings (SSSR count). The van der Waals surface area contributed by atoms with Crippen LogP contribution in [0.4, 0.5) is 11.6 Å². The van der Waals surface area contributed by atoms with Crippen LogP contribution in [-0.4, -0.2) is 58.8 Å². The van der Waals surface area contributed by atoms with E-state index in [4.69, 9.17) is 4.74 Å². The minimum Gasteiger partial charge on any atom is -0.508 e. The van der Waals surface area contributed by atoms with E-state index in [1.807, 2.05) is 12.1 Å². The van der Waals surface area contributed by atoms with Crippen LogP contribution >= 0.6 is 0 Å². The Labute approximate surface area is 186 Å². The molecule has 1 N–H and O–H groups in total. The van der Waals surface area contributed by atoms with E-state index in [2.05, 4.69) is 51.4 Å². The molecule has 2 aromatic rings. The Hall–Kier alpha value is -2.28. The van der Waals surface area contributed by atoms with E-state index in [0.29, 0.717) is 11.9 Å². The summed E-state index contributed by atoms with van der Waals surface area (Å²) in [5.74, 6) is 2.38. The van der Waals surface area contributed by atoms with Gasteiger partial charge in [0, 0.05) is 57.5 Å². The molecular weight excluding hydrogens is 390 g/mol. The van der Waals surface area contributed by atoms with Gasteiger partial charge in [0.2, 0.25) is 5.95 Å². The minimum absolute atomic E-state index is 0.164. The van der Waals surface area contributed by atoms with E-state index in [-0.39, 0.29) is 5.41 Å². The van der Waals surface area contributed by atoms with E-state index < -0.39 is 0 Å². The highest BCUT2D eigenvalue weighted by Crippen LogP contribution is 2.26. The van der Waals surface area contributed by atoms with Crippen molar-refractivity contribution < 1.29 is 9.84 Å². The van der Waals surface area contributed by atoms with Crippen LogP contribution in [0.5, 0.6) is 5.75 Å². The molecule has 0 bridgehead atoms. The second-order valence-corrected chi connectivity index (χ2v) is 10.1. The van der Waals surface area contributed by atoms with Crippen LogP contribution in [0.25, 0.3) is 0 Å². The van der Waals surface area contributed by atoms with Crippen LogP contribution in [0.2, 0.25) is 0 Å². The lowest BCUT2D eigenvalue weighted by atomic mass is 9.92. The Kier molecular flexibility index (Phi) is 6.70. The zero-order chi connectivity index (χ0) is 21.8. The lowest BCUT2D eigenvalue weighted by Gasteiger charge is -2.36. The maximum atomic E-state index is 9.80. The smallest absolute Gasteiger partial charge is 0.227 e. The number of anilines is 2. The molecule has 170 valence electrons. The maximum absolute atomic E-state index is 9.80. The molecule has 3 heterocycles. The van der Waals surface area contributed by atoms with Gasteiger partial charge in [-0.15, -0.1) is 10.2 Å². The molecule has 1 unspecified atom stereocenters. The average Bonchev–Trinajstić information content (AvgIpc) is 3.14. The van der Waals surface area contributed by atoms with Gasteiger partial charge >= 0.3 is 0 Å². The fourth-order valence-corrected chi connectivity index (χ4v) is 4.56. The lowest BCUT2D eigenvalue weighted by molar-refractivity contribution is 0.00870. The van der Waals surface area contributed by atoms with Crippen molar-refractivity contribution in [2.24, 2.45) is 5.41 Å². The molecule has 2 aliphatic rings. The van der Waals surface area contributed by atoms with E-state index in [0.717, 1.165) is 76.1 Å². The summed E-state index contributed by atoms with van der Waals surface area (Å²) in [6, 6.07) is 7.52. The van der Waals surface area contributed by atoms with Gasteiger partial charge in [0.05, 0.1) is 6.10 Å². The fourth-order valence-electron chi connectivity index (χ4n) is 4.56. The van der Waals surface area contributed by atoms with Gasteiger partial charge in [0.15, 0.2) is 0 Å². The molecule has 0 amide bonds. The third kappa shape index (κ3) is 5.70. The lowest BCUT2D eigenvalue weighted by Crippen LogP contribution is -2.47. The topological polar surface area (TPSA) is 66.7 Å². The van der Waals surface area contributed by atoms with Gasteiger partial charge < -0.3 is 19.6 Å². The Morgan fingerprint density at radius 3 is 2.52 bits per heavy atom. The Morgan fingerprint density at radius 1 is 1.06 bits per heavy atom. The standard InChI is InChI=1S/C24H37N5O2/c1-24(2,3)18-22-25-26-23(29(22)11-10-21-9-4-5-16-31-21)28-14-12-27(13-15-28)19-7-6-8-20(30)17-19/h6-8,17,21,30H,4-5,9-16,18H2,1-3H3. The highest BCUT2D eigenvalue weighted by molar-refractivity contribution is 5.52. The first kappa shape index (κ1) is 21.9. The Morgan fingerprint density at radius 2 is 1.84 bits per heavy atom. The van der Waals surface area contributed by atoms with E-state index in [1.54, 1.807) is 6.07 Å². The SMILES string of the molecule is CC(C)(C)Cc1nnc(N2CCN(c3cccc(O)c3)CC2)n1CCC1CCCCO1. The largest absolute Gasteiger partial charge is 0.508 e. The molecular formula is C24H37N5O2. The van der Waals surface area contributed by atoms with Crippen LogP contribution in [0.3, 0.4) is 0 Å². The summed E-state index contributed by atoms with van der Waals surface area (Å²) in [6.07, 6.45) is 5.90. The first-order chi connectivity index (χ1) is 14.9. The molecule has 2 fully saturated rings. The van der Waals surface area contributed by atoms with Crippen molar-refractivity contribution >= 4 is 11.6 Å². The Bertz CT molecular complexity index is 846. The number of hydrogen-bond donors (Lipinski definition) is 1. The highest BCUT2D eigenvalue weighted by atomic mass is 16.5. The number of phenols is 1. The number of nitrogens with zero attached hydrogens (tertiary/aromatic N) is 5. The molecule has 0 radical (unpaired) electrons. The summed E-state index contributed by atoms with van der Waals surface area (Å²) < 4.78 is 8.32.